The molecule has 0 aliphatic carbocycles. The first-order valence-corrected chi connectivity index (χ1v) is 8.48. The summed E-state index contributed by atoms with van der Waals surface area (Å²) in [5.41, 5.74) is -0.424. The molecule has 1 aromatic heterocycles. The average molecular weight is 409 g/mol. The zero-order chi connectivity index (χ0) is 20.8. The number of benzene rings is 2. The molecule has 0 N–H and O–H groups in total. The maximum Gasteiger partial charge on any atom is 0.416 e. The lowest BCUT2D eigenvalue weighted by atomic mass is 10.1. The minimum atomic E-state index is -4.46. The summed E-state index contributed by atoms with van der Waals surface area (Å²) in [6.45, 7) is 0.0910. The normalized spacial score (nSPS) is 17.2. The molecular weight excluding hydrogens is 397 g/mol. The van der Waals surface area contributed by atoms with Gasteiger partial charge < -0.3 is 9.42 Å². The van der Waals surface area contributed by atoms with Crippen molar-refractivity contribution in [1.29, 1.82) is 0 Å². The molecule has 1 atom stereocenters. The first kappa shape index (κ1) is 19.0. The molecule has 1 aliphatic heterocycles. The lowest BCUT2D eigenvalue weighted by Gasteiger charge is -2.16. The molecule has 0 spiro atoms. The van der Waals surface area contributed by atoms with Crippen LogP contribution in [0.1, 0.15) is 23.7 Å². The molecule has 3 aromatic rings. The molecule has 10 heteroatoms. The van der Waals surface area contributed by atoms with Gasteiger partial charge in [-0.05, 0) is 36.4 Å². The second kappa shape index (κ2) is 6.94. The van der Waals surface area contributed by atoms with Crippen molar-refractivity contribution in [3.05, 3.63) is 65.5 Å². The van der Waals surface area contributed by atoms with Gasteiger partial charge in [-0.2, -0.15) is 18.2 Å². The Morgan fingerprint density at radius 2 is 1.69 bits per heavy atom. The molecule has 0 radical (unpaired) electrons. The van der Waals surface area contributed by atoms with Gasteiger partial charge in [-0.1, -0.05) is 5.16 Å². The van der Waals surface area contributed by atoms with Gasteiger partial charge in [0.1, 0.15) is 11.6 Å². The molecule has 1 unspecified atom stereocenters. The van der Waals surface area contributed by atoms with Crippen LogP contribution in [0, 0.1) is 11.6 Å². The summed E-state index contributed by atoms with van der Waals surface area (Å²) < 4.78 is 70.0. The average Bonchev–Trinajstić information content (AvgIpc) is 3.27. The SMILES string of the molecule is O=C1CC(c2noc(-c3ccc(C(F)(F)F)cc3)n2)CN1c1cc(F)cc(F)c1. The number of rotatable bonds is 3. The highest BCUT2D eigenvalue weighted by Gasteiger charge is 2.35. The zero-order valence-corrected chi connectivity index (χ0v) is 14.6. The van der Waals surface area contributed by atoms with Crippen LogP contribution in [0.2, 0.25) is 0 Å². The fourth-order valence-electron chi connectivity index (χ4n) is 3.14. The molecule has 0 bridgehead atoms. The Morgan fingerprint density at radius 1 is 1.03 bits per heavy atom. The first-order chi connectivity index (χ1) is 13.7. The lowest BCUT2D eigenvalue weighted by Crippen LogP contribution is -2.24. The van der Waals surface area contributed by atoms with Gasteiger partial charge in [-0.3, -0.25) is 4.79 Å². The highest BCUT2D eigenvalue weighted by atomic mass is 19.4. The van der Waals surface area contributed by atoms with Crippen LogP contribution in [0.3, 0.4) is 0 Å². The van der Waals surface area contributed by atoms with Crippen LogP contribution in [0.4, 0.5) is 27.6 Å². The number of alkyl halides is 3. The Labute approximate surface area is 160 Å². The lowest BCUT2D eigenvalue weighted by molar-refractivity contribution is -0.137. The van der Waals surface area contributed by atoms with Crippen molar-refractivity contribution in [2.24, 2.45) is 0 Å². The summed E-state index contributed by atoms with van der Waals surface area (Å²) in [5.74, 6) is -2.26. The molecule has 1 fully saturated rings. The summed E-state index contributed by atoms with van der Waals surface area (Å²) in [6, 6.07) is 7.03. The summed E-state index contributed by atoms with van der Waals surface area (Å²) >= 11 is 0. The van der Waals surface area contributed by atoms with E-state index in [1.54, 1.807) is 0 Å². The topological polar surface area (TPSA) is 59.2 Å². The first-order valence-electron chi connectivity index (χ1n) is 8.48. The van der Waals surface area contributed by atoms with Gasteiger partial charge in [-0.25, -0.2) is 8.78 Å². The molecule has 4 rings (SSSR count). The Bertz CT molecular complexity index is 1040. The number of anilines is 1. The monoisotopic (exact) mass is 409 g/mol. The summed E-state index contributed by atoms with van der Waals surface area (Å²) in [4.78, 5) is 17.7. The number of carbonyl (C=O) groups excluding carboxylic acids is 1. The van der Waals surface area contributed by atoms with Crippen LogP contribution >= 0.6 is 0 Å². The molecule has 150 valence electrons. The highest BCUT2D eigenvalue weighted by Crippen LogP contribution is 2.33. The minimum Gasteiger partial charge on any atom is -0.334 e. The predicted octanol–water partition coefficient (Wildman–Crippen LogP) is 4.55. The fraction of sp³-hybridized carbons (Fsp3) is 0.211. The van der Waals surface area contributed by atoms with Crippen molar-refractivity contribution in [3.63, 3.8) is 0 Å². The van der Waals surface area contributed by atoms with Gasteiger partial charge in [0.2, 0.25) is 5.91 Å². The number of halogens is 5. The largest absolute Gasteiger partial charge is 0.416 e. The Kier molecular flexibility index (Phi) is 4.56. The van der Waals surface area contributed by atoms with Crippen molar-refractivity contribution in [1.82, 2.24) is 10.1 Å². The van der Waals surface area contributed by atoms with E-state index in [0.717, 1.165) is 24.3 Å². The molecule has 0 saturated carbocycles. The summed E-state index contributed by atoms with van der Waals surface area (Å²) in [6.07, 6.45) is -4.45. The number of hydrogen-bond donors (Lipinski definition) is 0. The van der Waals surface area contributed by atoms with Gasteiger partial charge in [0.05, 0.1) is 5.56 Å². The summed E-state index contributed by atoms with van der Waals surface area (Å²) in [7, 11) is 0. The van der Waals surface area contributed by atoms with Gasteiger partial charge in [-0.15, -0.1) is 0 Å². The van der Waals surface area contributed by atoms with Crippen molar-refractivity contribution in [2.45, 2.75) is 18.5 Å². The smallest absolute Gasteiger partial charge is 0.334 e. The van der Waals surface area contributed by atoms with Gasteiger partial charge >= 0.3 is 6.18 Å². The van der Waals surface area contributed by atoms with E-state index in [-0.39, 0.29) is 36.3 Å². The van der Waals surface area contributed by atoms with Gasteiger partial charge in [0, 0.05) is 36.2 Å². The molecule has 1 aliphatic rings. The third kappa shape index (κ3) is 3.82. The second-order valence-electron chi connectivity index (χ2n) is 6.57. The fourth-order valence-corrected chi connectivity index (χ4v) is 3.14. The maximum absolute atomic E-state index is 13.4. The molecule has 2 aromatic carbocycles. The minimum absolute atomic E-state index is 0.00408. The quantitative estimate of drug-likeness (QED) is 0.596. The molecule has 29 heavy (non-hydrogen) atoms. The van der Waals surface area contributed by atoms with Crippen LogP contribution in [-0.2, 0) is 11.0 Å². The van der Waals surface area contributed by atoms with E-state index in [1.807, 2.05) is 0 Å². The standard InChI is InChI=1S/C19H12F5N3O2/c20-13-6-14(21)8-15(7-13)27-9-11(5-16(27)28)17-25-18(29-26-17)10-1-3-12(4-2-10)19(22,23)24/h1-4,6-8,11H,5,9H2. The van der Waals surface area contributed by atoms with Crippen LogP contribution < -0.4 is 4.90 Å². The van der Waals surface area contributed by atoms with Crippen LogP contribution in [0.15, 0.2) is 47.0 Å². The van der Waals surface area contributed by atoms with E-state index in [0.29, 0.717) is 11.6 Å². The third-order valence-corrected chi connectivity index (χ3v) is 4.55. The number of carbonyl (C=O) groups is 1. The van der Waals surface area contributed by atoms with Crippen LogP contribution in [-0.4, -0.2) is 22.6 Å². The van der Waals surface area contributed by atoms with Crippen molar-refractivity contribution in [2.75, 3.05) is 11.4 Å². The zero-order valence-electron chi connectivity index (χ0n) is 14.6. The van der Waals surface area contributed by atoms with E-state index in [9.17, 15) is 26.7 Å². The Balaban J connectivity index is 1.53. The second-order valence-corrected chi connectivity index (χ2v) is 6.57. The van der Waals surface area contributed by atoms with Crippen LogP contribution in [0.5, 0.6) is 0 Å². The van der Waals surface area contributed by atoms with Gasteiger partial charge in [0.25, 0.3) is 5.89 Å². The number of hydrogen-bond acceptors (Lipinski definition) is 4. The van der Waals surface area contributed by atoms with Crippen LogP contribution in [0.25, 0.3) is 11.5 Å². The number of nitrogens with zero attached hydrogens (tertiary/aromatic N) is 3. The third-order valence-electron chi connectivity index (χ3n) is 4.55. The van der Waals surface area contributed by atoms with E-state index < -0.39 is 29.3 Å². The molecule has 5 nitrogen and oxygen atoms in total. The molecule has 1 saturated heterocycles. The molecule has 1 amide bonds. The van der Waals surface area contributed by atoms with E-state index >= 15 is 0 Å². The van der Waals surface area contributed by atoms with E-state index in [2.05, 4.69) is 10.1 Å². The molecule has 2 heterocycles. The Hall–Kier alpha value is -3.30. The predicted molar refractivity (Wildman–Crippen MR) is 90.8 cm³/mol. The van der Waals surface area contributed by atoms with Crippen molar-refractivity contribution < 1.29 is 31.3 Å². The summed E-state index contributed by atoms with van der Waals surface area (Å²) in [5, 5.41) is 3.81. The highest BCUT2D eigenvalue weighted by molar-refractivity contribution is 5.96. The maximum atomic E-state index is 13.4. The van der Waals surface area contributed by atoms with E-state index in [1.165, 1.54) is 17.0 Å². The van der Waals surface area contributed by atoms with Crippen molar-refractivity contribution in [3.8, 4) is 11.5 Å². The van der Waals surface area contributed by atoms with Gasteiger partial charge in [0.15, 0.2) is 5.82 Å². The van der Waals surface area contributed by atoms with E-state index in [4.69, 9.17) is 4.52 Å². The number of aromatic nitrogens is 2. The number of amides is 1. The Morgan fingerprint density at radius 3 is 2.31 bits per heavy atom. The molecular formula is C19H12F5N3O2. The van der Waals surface area contributed by atoms with Crippen molar-refractivity contribution >= 4 is 11.6 Å².